The Labute approximate surface area is 111 Å². The van der Waals surface area contributed by atoms with Crippen LogP contribution >= 0.6 is 0 Å². The van der Waals surface area contributed by atoms with Gasteiger partial charge in [-0.1, -0.05) is 12.1 Å². The predicted octanol–water partition coefficient (Wildman–Crippen LogP) is 2.41. The minimum atomic E-state index is -0.820. The lowest BCUT2D eigenvalue weighted by atomic mass is 10.1. The lowest BCUT2D eigenvalue weighted by Crippen LogP contribution is -2.00. The monoisotopic (exact) mass is 259 g/mol. The first kappa shape index (κ1) is 13.1. The number of anilines is 2. The second-order valence-corrected chi connectivity index (χ2v) is 4.56. The molecule has 0 fully saturated rings. The smallest absolute Gasteiger partial charge is 0.307 e. The van der Waals surface area contributed by atoms with Gasteiger partial charge in [0, 0.05) is 12.7 Å². The second kappa shape index (κ2) is 5.14. The number of aromatic nitrogens is 2. The van der Waals surface area contributed by atoms with Crippen LogP contribution in [0.1, 0.15) is 17.0 Å². The molecule has 0 atom stereocenters. The topological polar surface area (TPSA) is 67.2 Å². The van der Waals surface area contributed by atoms with Crippen LogP contribution in [0.15, 0.2) is 24.3 Å². The van der Waals surface area contributed by atoms with E-state index in [1.165, 1.54) is 0 Å². The minimum absolute atomic E-state index is 0.0469. The zero-order chi connectivity index (χ0) is 14.0. The number of aryl methyl sites for hydroxylation is 2. The van der Waals surface area contributed by atoms with Crippen LogP contribution in [-0.4, -0.2) is 20.9 Å². The van der Waals surface area contributed by atoms with E-state index >= 15 is 0 Å². The van der Waals surface area contributed by atoms with Gasteiger partial charge in [-0.15, -0.1) is 0 Å². The van der Waals surface area contributed by atoms with Crippen LogP contribution < -0.4 is 5.32 Å². The van der Waals surface area contributed by atoms with E-state index in [1.54, 1.807) is 0 Å². The van der Waals surface area contributed by atoms with Crippen molar-refractivity contribution in [1.82, 2.24) is 9.78 Å². The molecule has 0 unspecified atom stereocenters. The Morgan fingerprint density at radius 1 is 1.32 bits per heavy atom. The summed E-state index contributed by atoms with van der Waals surface area (Å²) in [6.07, 6.45) is 0.0469. The summed E-state index contributed by atoms with van der Waals surface area (Å²) in [5.74, 6) is -0.820. The Morgan fingerprint density at radius 3 is 2.42 bits per heavy atom. The molecule has 100 valence electrons. The number of nitrogens with zero attached hydrogens (tertiary/aromatic N) is 2. The van der Waals surface area contributed by atoms with E-state index in [2.05, 4.69) is 10.4 Å². The number of rotatable bonds is 4. The molecule has 1 aromatic carbocycles. The molecule has 0 aliphatic carbocycles. The molecule has 0 amide bonds. The molecule has 0 aliphatic rings. The van der Waals surface area contributed by atoms with Crippen LogP contribution in [0.2, 0.25) is 0 Å². The van der Waals surface area contributed by atoms with Crippen molar-refractivity contribution in [1.29, 1.82) is 0 Å². The van der Waals surface area contributed by atoms with Crippen molar-refractivity contribution in [2.45, 2.75) is 20.3 Å². The van der Waals surface area contributed by atoms with Gasteiger partial charge in [0.15, 0.2) is 0 Å². The number of hydrogen-bond acceptors (Lipinski definition) is 3. The molecule has 0 aliphatic heterocycles. The van der Waals surface area contributed by atoms with E-state index < -0.39 is 5.97 Å². The fourth-order valence-corrected chi connectivity index (χ4v) is 1.98. The summed E-state index contributed by atoms with van der Waals surface area (Å²) in [6, 6.07) is 7.39. The molecule has 19 heavy (non-hydrogen) atoms. The van der Waals surface area contributed by atoms with Gasteiger partial charge in [-0.2, -0.15) is 5.10 Å². The SMILES string of the molecule is Cc1nn(C)c(C)c1Nc1ccc(CC(=O)O)cc1. The molecule has 2 N–H and O–H groups in total. The Balaban J connectivity index is 2.17. The first-order valence-electron chi connectivity index (χ1n) is 6.05. The highest BCUT2D eigenvalue weighted by atomic mass is 16.4. The average Bonchev–Trinajstić information content (AvgIpc) is 2.58. The summed E-state index contributed by atoms with van der Waals surface area (Å²) in [6.45, 7) is 3.95. The molecule has 2 aromatic rings. The summed E-state index contributed by atoms with van der Waals surface area (Å²) in [4.78, 5) is 10.6. The normalized spacial score (nSPS) is 10.5. The standard InChI is InChI=1S/C14H17N3O2/c1-9-14(10(2)17(3)16-9)15-12-6-4-11(5-7-12)8-13(18)19/h4-7,15H,8H2,1-3H3,(H,18,19). The first-order valence-corrected chi connectivity index (χ1v) is 6.05. The summed E-state index contributed by atoms with van der Waals surface area (Å²) in [7, 11) is 1.91. The van der Waals surface area contributed by atoms with Gasteiger partial charge in [0.1, 0.15) is 0 Å². The molecule has 5 nitrogen and oxygen atoms in total. The van der Waals surface area contributed by atoms with E-state index in [0.717, 1.165) is 28.3 Å². The fourth-order valence-electron chi connectivity index (χ4n) is 1.98. The van der Waals surface area contributed by atoms with Crippen molar-refractivity contribution < 1.29 is 9.90 Å². The van der Waals surface area contributed by atoms with Crippen molar-refractivity contribution in [2.24, 2.45) is 7.05 Å². The maximum Gasteiger partial charge on any atom is 0.307 e. The third kappa shape index (κ3) is 2.93. The van der Waals surface area contributed by atoms with Gasteiger partial charge in [0.25, 0.3) is 0 Å². The van der Waals surface area contributed by atoms with Gasteiger partial charge in [-0.05, 0) is 31.5 Å². The van der Waals surface area contributed by atoms with Crippen LogP contribution in [-0.2, 0) is 18.3 Å². The van der Waals surface area contributed by atoms with Crippen LogP contribution in [0.4, 0.5) is 11.4 Å². The van der Waals surface area contributed by atoms with E-state index in [1.807, 2.05) is 49.8 Å². The number of nitrogens with one attached hydrogen (secondary N) is 1. The predicted molar refractivity (Wildman–Crippen MR) is 73.7 cm³/mol. The lowest BCUT2D eigenvalue weighted by molar-refractivity contribution is -0.136. The molecule has 0 saturated heterocycles. The van der Waals surface area contributed by atoms with Gasteiger partial charge in [0.2, 0.25) is 0 Å². The zero-order valence-electron chi connectivity index (χ0n) is 11.3. The highest BCUT2D eigenvalue weighted by molar-refractivity contribution is 5.71. The van der Waals surface area contributed by atoms with E-state index in [9.17, 15) is 4.79 Å². The summed E-state index contributed by atoms with van der Waals surface area (Å²) < 4.78 is 1.83. The van der Waals surface area contributed by atoms with Crippen molar-refractivity contribution >= 4 is 17.3 Å². The number of carboxylic acid groups (broad SMARTS) is 1. The van der Waals surface area contributed by atoms with Gasteiger partial charge in [-0.3, -0.25) is 9.48 Å². The number of benzene rings is 1. The van der Waals surface area contributed by atoms with E-state index in [0.29, 0.717) is 0 Å². The third-order valence-corrected chi connectivity index (χ3v) is 3.09. The quantitative estimate of drug-likeness (QED) is 0.884. The van der Waals surface area contributed by atoms with Crippen molar-refractivity contribution in [3.05, 3.63) is 41.2 Å². The van der Waals surface area contributed by atoms with E-state index in [-0.39, 0.29) is 6.42 Å². The van der Waals surface area contributed by atoms with Crippen molar-refractivity contribution in [3.8, 4) is 0 Å². The largest absolute Gasteiger partial charge is 0.481 e. The molecule has 0 saturated carbocycles. The van der Waals surface area contributed by atoms with E-state index in [4.69, 9.17) is 5.11 Å². The van der Waals surface area contributed by atoms with Gasteiger partial charge in [0.05, 0.1) is 23.5 Å². The van der Waals surface area contributed by atoms with Crippen LogP contribution in [0.5, 0.6) is 0 Å². The molecule has 0 radical (unpaired) electrons. The third-order valence-electron chi connectivity index (χ3n) is 3.09. The second-order valence-electron chi connectivity index (χ2n) is 4.56. The maximum absolute atomic E-state index is 10.6. The lowest BCUT2D eigenvalue weighted by Gasteiger charge is -2.07. The van der Waals surface area contributed by atoms with Crippen LogP contribution in [0, 0.1) is 13.8 Å². The molecular weight excluding hydrogens is 242 g/mol. The molecule has 2 rings (SSSR count). The molecule has 0 spiro atoms. The Hall–Kier alpha value is -2.30. The minimum Gasteiger partial charge on any atom is -0.481 e. The van der Waals surface area contributed by atoms with Crippen molar-refractivity contribution in [3.63, 3.8) is 0 Å². The summed E-state index contributed by atoms with van der Waals surface area (Å²) in [5.41, 5.74) is 4.71. The Bertz CT molecular complexity index is 600. The molecular formula is C14H17N3O2. The highest BCUT2D eigenvalue weighted by Crippen LogP contribution is 2.23. The van der Waals surface area contributed by atoms with Gasteiger partial charge >= 0.3 is 5.97 Å². The van der Waals surface area contributed by atoms with Gasteiger partial charge < -0.3 is 10.4 Å². The highest BCUT2D eigenvalue weighted by Gasteiger charge is 2.09. The average molecular weight is 259 g/mol. The first-order chi connectivity index (χ1) is 8.97. The number of hydrogen-bond donors (Lipinski definition) is 2. The zero-order valence-corrected chi connectivity index (χ0v) is 11.3. The molecule has 5 heteroatoms. The van der Waals surface area contributed by atoms with Crippen LogP contribution in [0.25, 0.3) is 0 Å². The fraction of sp³-hybridized carbons (Fsp3) is 0.286. The molecule has 0 bridgehead atoms. The van der Waals surface area contributed by atoms with Crippen molar-refractivity contribution in [2.75, 3.05) is 5.32 Å². The summed E-state index contributed by atoms with van der Waals surface area (Å²) in [5, 5.41) is 16.4. The van der Waals surface area contributed by atoms with Crippen LogP contribution in [0.3, 0.4) is 0 Å². The number of aliphatic carboxylic acids is 1. The number of carbonyl (C=O) groups is 1. The number of carboxylic acids is 1. The Kier molecular flexibility index (Phi) is 3.55. The molecule has 1 heterocycles. The summed E-state index contributed by atoms with van der Waals surface area (Å²) >= 11 is 0. The maximum atomic E-state index is 10.6. The molecule has 1 aromatic heterocycles. The Morgan fingerprint density at radius 2 is 1.95 bits per heavy atom. The van der Waals surface area contributed by atoms with Gasteiger partial charge in [-0.25, -0.2) is 0 Å².